The minimum Gasteiger partial charge on any atom is -0.342 e. The van der Waals surface area contributed by atoms with Gasteiger partial charge in [0, 0.05) is 17.9 Å². The van der Waals surface area contributed by atoms with Gasteiger partial charge in [-0.25, -0.2) is 18.5 Å². The number of fused-ring (bicyclic) bond motifs is 1. The van der Waals surface area contributed by atoms with E-state index in [1.165, 1.54) is 5.56 Å². The molecule has 4 unspecified atom stereocenters. The molecule has 8 heteroatoms. The first kappa shape index (κ1) is 20.1. The number of imidazole rings is 1. The van der Waals surface area contributed by atoms with Crippen molar-refractivity contribution in [3.05, 3.63) is 78.1 Å². The Labute approximate surface area is 185 Å². The van der Waals surface area contributed by atoms with Gasteiger partial charge in [-0.1, -0.05) is 36.4 Å². The molecule has 1 aliphatic carbocycles. The molecule has 4 atom stereocenters. The fourth-order valence-electron chi connectivity index (χ4n) is 4.08. The standard InChI is InChI=1S/C23H22N4O2S2/c1-30(28)27-16-9-6-14(7-10-16)18-13-19(18)23-25-20-11-8-15(12-21(20)26-23)17-4-2-3-5-22(17)31(24)29/h2-12,18-19,27H,13,24H2,1H3,(H,25,26). The van der Waals surface area contributed by atoms with Crippen molar-refractivity contribution in [2.24, 2.45) is 5.14 Å². The number of hydrogen-bond acceptors (Lipinski definition) is 3. The zero-order valence-corrected chi connectivity index (χ0v) is 18.5. The molecule has 6 nitrogen and oxygen atoms in total. The Hall–Kier alpha value is -2.81. The molecule has 158 valence electrons. The fraction of sp³-hybridized carbons (Fsp3) is 0.174. The summed E-state index contributed by atoms with van der Waals surface area (Å²) in [6, 6.07) is 21.6. The van der Waals surface area contributed by atoms with E-state index in [-0.39, 0.29) is 0 Å². The molecule has 0 radical (unpaired) electrons. The molecule has 1 fully saturated rings. The summed E-state index contributed by atoms with van der Waals surface area (Å²) in [5.41, 5.74) is 5.82. The van der Waals surface area contributed by atoms with Gasteiger partial charge in [0.15, 0.2) is 0 Å². The Balaban J connectivity index is 1.39. The summed E-state index contributed by atoms with van der Waals surface area (Å²) in [4.78, 5) is 8.91. The molecule has 4 N–H and O–H groups in total. The summed E-state index contributed by atoms with van der Waals surface area (Å²) in [5, 5.41) is 5.65. The van der Waals surface area contributed by atoms with E-state index in [1.807, 2.05) is 48.5 Å². The Kier molecular flexibility index (Phi) is 5.21. The van der Waals surface area contributed by atoms with Gasteiger partial charge in [0.25, 0.3) is 0 Å². The average molecular weight is 451 g/mol. The average Bonchev–Trinajstić information content (AvgIpc) is 3.44. The highest BCUT2D eigenvalue weighted by Gasteiger charge is 2.41. The second-order valence-electron chi connectivity index (χ2n) is 7.77. The predicted octanol–water partition coefficient (Wildman–Crippen LogP) is 4.19. The van der Waals surface area contributed by atoms with Crippen molar-refractivity contribution in [2.75, 3.05) is 11.0 Å². The summed E-state index contributed by atoms with van der Waals surface area (Å²) < 4.78 is 26.1. The van der Waals surface area contributed by atoms with E-state index in [4.69, 9.17) is 10.1 Å². The number of nitrogens with two attached hydrogens (primary N) is 1. The van der Waals surface area contributed by atoms with Gasteiger partial charge in [-0.05, 0) is 59.4 Å². The summed E-state index contributed by atoms with van der Waals surface area (Å²) in [6.07, 6.45) is 2.67. The van der Waals surface area contributed by atoms with Gasteiger partial charge in [-0.15, -0.1) is 0 Å². The molecule has 0 saturated heterocycles. The lowest BCUT2D eigenvalue weighted by atomic mass is 10.1. The van der Waals surface area contributed by atoms with Crippen molar-refractivity contribution in [1.82, 2.24) is 9.97 Å². The molecule has 4 aromatic rings. The highest BCUT2D eigenvalue weighted by atomic mass is 32.2. The van der Waals surface area contributed by atoms with Gasteiger partial charge >= 0.3 is 0 Å². The molecule has 3 aromatic carbocycles. The molecule has 0 amide bonds. The molecule has 0 aliphatic heterocycles. The highest BCUT2D eigenvalue weighted by Crippen LogP contribution is 2.54. The van der Waals surface area contributed by atoms with E-state index in [0.717, 1.165) is 40.1 Å². The number of hydrogen-bond donors (Lipinski definition) is 3. The summed E-state index contributed by atoms with van der Waals surface area (Å²) in [5.74, 6) is 1.78. The van der Waals surface area contributed by atoms with Gasteiger partial charge in [-0.3, -0.25) is 0 Å². The second-order valence-corrected chi connectivity index (χ2v) is 9.92. The number of benzene rings is 3. The van der Waals surface area contributed by atoms with Crippen LogP contribution in [0.25, 0.3) is 22.2 Å². The van der Waals surface area contributed by atoms with Crippen molar-refractivity contribution in [3.63, 3.8) is 0 Å². The number of nitrogens with one attached hydrogen (secondary N) is 2. The lowest BCUT2D eigenvalue weighted by Crippen LogP contribution is -2.04. The first-order chi connectivity index (χ1) is 15.0. The third-order valence-corrected chi connectivity index (χ3v) is 6.97. The van der Waals surface area contributed by atoms with Crippen LogP contribution in [-0.2, 0) is 22.0 Å². The van der Waals surface area contributed by atoms with Crippen molar-refractivity contribution < 1.29 is 8.42 Å². The molecule has 0 bridgehead atoms. The minimum absolute atomic E-state index is 0.360. The van der Waals surface area contributed by atoms with Gasteiger partial charge in [0.2, 0.25) is 0 Å². The van der Waals surface area contributed by atoms with E-state index in [2.05, 4.69) is 21.8 Å². The lowest BCUT2D eigenvalue weighted by molar-refractivity contribution is 0.684. The van der Waals surface area contributed by atoms with Crippen molar-refractivity contribution in [2.45, 2.75) is 23.2 Å². The lowest BCUT2D eigenvalue weighted by Gasteiger charge is -2.06. The van der Waals surface area contributed by atoms with Gasteiger partial charge in [0.1, 0.15) is 27.8 Å². The Morgan fingerprint density at radius 3 is 2.55 bits per heavy atom. The first-order valence-corrected chi connectivity index (χ1v) is 12.7. The van der Waals surface area contributed by atoms with E-state index >= 15 is 0 Å². The maximum atomic E-state index is 11.9. The van der Waals surface area contributed by atoms with E-state index in [0.29, 0.717) is 16.7 Å². The number of aromatic amines is 1. The molecule has 31 heavy (non-hydrogen) atoms. The van der Waals surface area contributed by atoms with Crippen LogP contribution in [0.3, 0.4) is 0 Å². The third-order valence-electron chi connectivity index (χ3n) is 5.66. The number of nitrogens with zero attached hydrogens (tertiary/aromatic N) is 1. The van der Waals surface area contributed by atoms with Crippen molar-refractivity contribution in [3.8, 4) is 11.1 Å². The minimum atomic E-state index is -1.55. The monoisotopic (exact) mass is 450 g/mol. The SMILES string of the molecule is CS(=O)Nc1ccc(C2CC2c2nc3ccc(-c4ccccc4S(N)=O)cc3[nH]2)cc1. The Morgan fingerprint density at radius 1 is 1.03 bits per heavy atom. The zero-order chi connectivity index (χ0) is 21.5. The third kappa shape index (κ3) is 4.06. The van der Waals surface area contributed by atoms with Crippen LogP contribution in [0.2, 0.25) is 0 Å². The first-order valence-electron chi connectivity index (χ1n) is 9.95. The Morgan fingerprint density at radius 2 is 1.81 bits per heavy atom. The van der Waals surface area contributed by atoms with Crippen molar-refractivity contribution in [1.29, 1.82) is 0 Å². The molecule has 1 saturated carbocycles. The molecule has 1 heterocycles. The topological polar surface area (TPSA) is 101 Å². The van der Waals surface area contributed by atoms with Gasteiger partial charge in [-0.2, -0.15) is 0 Å². The molecular formula is C23H22N4O2S2. The molecule has 5 rings (SSSR count). The maximum absolute atomic E-state index is 11.9. The fourth-order valence-corrected chi connectivity index (χ4v) is 5.17. The van der Waals surface area contributed by atoms with Crippen LogP contribution < -0.4 is 9.86 Å². The number of aromatic nitrogens is 2. The van der Waals surface area contributed by atoms with Crippen LogP contribution in [0, 0.1) is 0 Å². The predicted molar refractivity (Wildman–Crippen MR) is 126 cm³/mol. The molecule has 1 aromatic heterocycles. The summed E-state index contributed by atoms with van der Waals surface area (Å²) in [6.45, 7) is 0. The molecular weight excluding hydrogens is 428 g/mol. The van der Waals surface area contributed by atoms with E-state index in [9.17, 15) is 8.42 Å². The molecule has 0 spiro atoms. The molecule has 1 aliphatic rings. The van der Waals surface area contributed by atoms with Gasteiger partial charge < -0.3 is 9.71 Å². The highest BCUT2D eigenvalue weighted by molar-refractivity contribution is 7.85. The van der Waals surface area contributed by atoms with Crippen LogP contribution >= 0.6 is 0 Å². The number of rotatable bonds is 6. The van der Waals surface area contributed by atoms with E-state index < -0.39 is 22.0 Å². The largest absolute Gasteiger partial charge is 0.342 e. The van der Waals surface area contributed by atoms with Crippen LogP contribution in [0.1, 0.15) is 29.6 Å². The number of anilines is 1. The summed E-state index contributed by atoms with van der Waals surface area (Å²) >= 11 is 0. The zero-order valence-electron chi connectivity index (χ0n) is 16.9. The van der Waals surface area contributed by atoms with Crippen LogP contribution in [0.5, 0.6) is 0 Å². The second kappa shape index (κ2) is 8.03. The Bertz CT molecular complexity index is 1320. The summed E-state index contributed by atoms with van der Waals surface area (Å²) in [7, 11) is -2.62. The number of H-pyrrole nitrogens is 1. The van der Waals surface area contributed by atoms with Crippen LogP contribution in [-0.4, -0.2) is 24.6 Å². The smallest absolute Gasteiger partial charge is 0.122 e. The van der Waals surface area contributed by atoms with E-state index in [1.54, 1.807) is 12.3 Å². The van der Waals surface area contributed by atoms with Crippen molar-refractivity contribution >= 4 is 38.7 Å². The maximum Gasteiger partial charge on any atom is 0.122 e. The van der Waals surface area contributed by atoms with Crippen LogP contribution in [0.15, 0.2) is 71.6 Å². The quantitative estimate of drug-likeness (QED) is 0.411. The van der Waals surface area contributed by atoms with Crippen LogP contribution in [0.4, 0.5) is 5.69 Å². The van der Waals surface area contributed by atoms with Gasteiger partial charge in [0.05, 0.1) is 15.9 Å². The normalized spacial score (nSPS) is 19.8.